The zero-order chi connectivity index (χ0) is 13.1. The highest BCUT2D eigenvalue weighted by atomic mass is 16.5. The Morgan fingerprint density at radius 2 is 1.83 bits per heavy atom. The van der Waals surface area contributed by atoms with Crippen molar-refractivity contribution in [3.63, 3.8) is 0 Å². The lowest BCUT2D eigenvalue weighted by atomic mass is 9.82. The minimum Gasteiger partial charge on any atom is -0.481 e. The first-order valence-corrected chi connectivity index (χ1v) is 6.96. The molecule has 2 rings (SSSR count). The fourth-order valence-electron chi connectivity index (χ4n) is 3.15. The number of carboxylic acid groups (broad SMARTS) is 1. The maximum atomic E-state index is 11.4. The van der Waals surface area contributed by atoms with E-state index in [-0.39, 0.29) is 24.0 Å². The monoisotopic (exact) mass is 253 g/mol. The number of rotatable bonds is 7. The number of hydrogen-bond donors (Lipinski definition) is 1. The highest BCUT2D eigenvalue weighted by Crippen LogP contribution is 2.39. The molecule has 4 atom stereocenters. The quantitative estimate of drug-likeness (QED) is 0.702. The van der Waals surface area contributed by atoms with Gasteiger partial charge in [0.15, 0.2) is 0 Å². The number of hydrogen-bond acceptors (Lipinski definition) is 3. The first kappa shape index (κ1) is 13.6. The number of carboxylic acids is 1. The van der Waals surface area contributed by atoms with E-state index < -0.39 is 5.97 Å². The summed E-state index contributed by atoms with van der Waals surface area (Å²) < 4.78 is 5.70. The summed E-state index contributed by atoms with van der Waals surface area (Å²) in [5.41, 5.74) is 0. The molecule has 4 nitrogen and oxygen atoms in total. The van der Waals surface area contributed by atoms with Crippen LogP contribution in [0.25, 0.3) is 0 Å². The van der Waals surface area contributed by atoms with E-state index in [2.05, 4.69) is 18.7 Å². The van der Waals surface area contributed by atoms with E-state index in [1.807, 2.05) is 12.2 Å². The molecule has 0 radical (unpaired) electrons. The van der Waals surface area contributed by atoms with E-state index in [1.165, 1.54) is 0 Å². The van der Waals surface area contributed by atoms with Crippen molar-refractivity contribution in [3.05, 3.63) is 12.2 Å². The average Bonchev–Trinajstić information content (AvgIpc) is 2.89. The molecule has 0 aliphatic carbocycles. The molecule has 18 heavy (non-hydrogen) atoms. The first-order chi connectivity index (χ1) is 8.67. The van der Waals surface area contributed by atoms with Gasteiger partial charge in [-0.2, -0.15) is 0 Å². The molecule has 2 aliphatic rings. The largest absolute Gasteiger partial charge is 0.481 e. The van der Waals surface area contributed by atoms with Gasteiger partial charge in [-0.25, -0.2) is 0 Å². The van der Waals surface area contributed by atoms with Crippen molar-refractivity contribution in [2.45, 2.75) is 38.9 Å². The maximum Gasteiger partial charge on any atom is 0.309 e. The standard InChI is InChI=1S/C14H23NO3/c1-3-7-15(8-4-2)9-10-11-5-6-12(18-11)13(10)14(16)17/h5-6,10-13H,3-4,7-9H2,1-2H3,(H,16,17)/t10?,11-,12+,13?/m0/s1. The third-order valence-electron chi connectivity index (χ3n) is 3.88. The Hall–Kier alpha value is -0.870. The molecule has 4 heteroatoms. The lowest BCUT2D eigenvalue weighted by Gasteiger charge is -2.29. The molecule has 2 bridgehead atoms. The van der Waals surface area contributed by atoms with E-state index in [1.54, 1.807) is 0 Å². The lowest BCUT2D eigenvalue weighted by Crippen LogP contribution is -2.40. The predicted molar refractivity (Wildman–Crippen MR) is 69.4 cm³/mol. The van der Waals surface area contributed by atoms with Crippen LogP contribution >= 0.6 is 0 Å². The number of fused-ring (bicyclic) bond motifs is 2. The zero-order valence-corrected chi connectivity index (χ0v) is 11.2. The molecule has 0 saturated carbocycles. The van der Waals surface area contributed by atoms with Crippen molar-refractivity contribution in [2.75, 3.05) is 19.6 Å². The van der Waals surface area contributed by atoms with E-state index >= 15 is 0 Å². The zero-order valence-electron chi connectivity index (χ0n) is 11.2. The number of ether oxygens (including phenoxy) is 1. The van der Waals surface area contributed by atoms with Crippen LogP contribution in [0.2, 0.25) is 0 Å². The summed E-state index contributed by atoms with van der Waals surface area (Å²) in [4.78, 5) is 13.7. The summed E-state index contributed by atoms with van der Waals surface area (Å²) in [5, 5.41) is 9.35. The molecule has 0 aromatic heterocycles. The predicted octanol–water partition coefficient (Wildman–Crippen LogP) is 1.76. The van der Waals surface area contributed by atoms with Crippen molar-refractivity contribution in [1.29, 1.82) is 0 Å². The van der Waals surface area contributed by atoms with Gasteiger partial charge in [0.2, 0.25) is 0 Å². The van der Waals surface area contributed by atoms with Gasteiger partial charge in [0.1, 0.15) is 0 Å². The fourth-order valence-corrected chi connectivity index (χ4v) is 3.15. The normalized spacial score (nSPS) is 33.5. The Balaban J connectivity index is 2.02. The maximum absolute atomic E-state index is 11.4. The number of nitrogens with zero attached hydrogens (tertiary/aromatic N) is 1. The Bertz CT molecular complexity index is 323. The third kappa shape index (κ3) is 2.59. The Morgan fingerprint density at radius 1 is 1.22 bits per heavy atom. The summed E-state index contributed by atoms with van der Waals surface area (Å²) in [6.45, 7) is 7.24. The molecule has 1 fully saturated rings. The van der Waals surface area contributed by atoms with Gasteiger partial charge < -0.3 is 14.7 Å². The van der Waals surface area contributed by atoms with Crippen molar-refractivity contribution >= 4 is 5.97 Å². The molecule has 0 amide bonds. The molecule has 2 heterocycles. The highest BCUT2D eigenvalue weighted by Gasteiger charge is 2.49. The van der Waals surface area contributed by atoms with Crippen LogP contribution in [0.4, 0.5) is 0 Å². The van der Waals surface area contributed by atoms with Crippen LogP contribution in [0.1, 0.15) is 26.7 Å². The SMILES string of the molecule is CCCN(CCC)CC1C(C(=O)O)[C@H]2C=C[C@@H]1O2. The Labute approximate surface area is 109 Å². The van der Waals surface area contributed by atoms with E-state index in [0.29, 0.717) is 0 Å². The molecule has 0 spiro atoms. The van der Waals surface area contributed by atoms with Crippen LogP contribution in [0.15, 0.2) is 12.2 Å². The number of aliphatic carboxylic acids is 1. The molecule has 0 aromatic carbocycles. The molecule has 1 N–H and O–H groups in total. The smallest absolute Gasteiger partial charge is 0.309 e. The first-order valence-electron chi connectivity index (χ1n) is 6.96. The molecule has 0 aromatic rings. The van der Waals surface area contributed by atoms with Gasteiger partial charge in [0.25, 0.3) is 0 Å². The van der Waals surface area contributed by atoms with Crippen LogP contribution < -0.4 is 0 Å². The fraction of sp³-hybridized carbons (Fsp3) is 0.786. The summed E-state index contributed by atoms with van der Waals surface area (Å²) >= 11 is 0. The molecule has 1 saturated heterocycles. The second kappa shape index (κ2) is 5.85. The van der Waals surface area contributed by atoms with Crippen molar-refractivity contribution in [1.82, 2.24) is 4.90 Å². The molecule has 102 valence electrons. The lowest BCUT2D eigenvalue weighted by molar-refractivity contribution is -0.144. The average molecular weight is 253 g/mol. The second-order valence-electron chi connectivity index (χ2n) is 5.28. The van der Waals surface area contributed by atoms with Crippen molar-refractivity contribution < 1.29 is 14.6 Å². The highest BCUT2D eigenvalue weighted by molar-refractivity contribution is 5.72. The molecular weight excluding hydrogens is 230 g/mol. The van der Waals surface area contributed by atoms with Gasteiger partial charge in [-0.3, -0.25) is 4.79 Å². The summed E-state index contributed by atoms with van der Waals surface area (Å²) in [7, 11) is 0. The van der Waals surface area contributed by atoms with Crippen LogP contribution in [-0.2, 0) is 9.53 Å². The van der Waals surface area contributed by atoms with E-state index in [4.69, 9.17) is 4.74 Å². The second-order valence-corrected chi connectivity index (χ2v) is 5.28. The third-order valence-corrected chi connectivity index (χ3v) is 3.88. The van der Waals surface area contributed by atoms with Crippen LogP contribution in [0.5, 0.6) is 0 Å². The minimum atomic E-state index is -0.718. The van der Waals surface area contributed by atoms with Crippen molar-refractivity contribution in [2.24, 2.45) is 11.8 Å². The van der Waals surface area contributed by atoms with Crippen LogP contribution in [-0.4, -0.2) is 47.8 Å². The molecule has 2 unspecified atom stereocenters. The van der Waals surface area contributed by atoms with E-state index in [0.717, 1.165) is 32.5 Å². The van der Waals surface area contributed by atoms with Gasteiger partial charge in [0.05, 0.1) is 18.1 Å². The summed E-state index contributed by atoms with van der Waals surface area (Å²) in [6.07, 6.45) is 5.95. The van der Waals surface area contributed by atoms with Crippen molar-refractivity contribution in [3.8, 4) is 0 Å². The topological polar surface area (TPSA) is 49.8 Å². The van der Waals surface area contributed by atoms with Gasteiger partial charge >= 0.3 is 5.97 Å². The van der Waals surface area contributed by atoms with Gasteiger partial charge in [-0.15, -0.1) is 0 Å². The minimum absolute atomic E-state index is 0.00677. The molecular formula is C14H23NO3. The summed E-state index contributed by atoms with van der Waals surface area (Å²) in [5.74, 6) is -0.975. The van der Waals surface area contributed by atoms with Gasteiger partial charge in [0, 0.05) is 12.5 Å². The van der Waals surface area contributed by atoms with Gasteiger partial charge in [-0.1, -0.05) is 26.0 Å². The van der Waals surface area contributed by atoms with Crippen LogP contribution in [0.3, 0.4) is 0 Å². The Kier molecular flexibility index (Phi) is 4.40. The van der Waals surface area contributed by atoms with Gasteiger partial charge in [-0.05, 0) is 25.9 Å². The Morgan fingerprint density at radius 3 is 2.39 bits per heavy atom. The van der Waals surface area contributed by atoms with E-state index in [9.17, 15) is 9.90 Å². The number of carbonyl (C=O) groups is 1. The summed E-state index contributed by atoms with van der Waals surface area (Å²) in [6, 6.07) is 0. The van der Waals surface area contributed by atoms with Crippen LogP contribution in [0, 0.1) is 11.8 Å². The molecule has 2 aliphatic heterocycles.